The zero-order chi connectivity index (χ0) is 30.6. The van der Waals surface area contributed by atoms with Gasteiger partial charge in [0.15, 0.2) is 16.7 Å². The number of methoxy groups -OCH3 is 1. The number of aliphatic imine (C=N–C) groups is 1. The number of anilines is 1. The molecule has 43 heavy (non-hydrogen) atoms. The smallest absolute Gasteiger partial charge is 0.286 e. The van der Waals surface area contributed by atoms with Gasteiger partial charge in [0.1, 0.15) is 0 Å². The number of amides is 2. The van der Waals surface area contributed by atoms with E-state index in [0.29, 0.717) is 32.5 Å². The van der Waals surface area contributed by atoms with Crippen molar-refractivity contribution in [2.45, 2.75) is 18.2 Å². The van der Waals surface area contributed by atoms with Gasteiger partial charge in [-0.05, 0) is 77.9 Å². The van der Waals surface area contributed by atoms with Crippen LogP contribution < -0.4 is 14.8 Å². The first-order valence-electron chi connectivity index (χ1n) is 13.1. The summed E-state index contributed by atoms with van der Waals surface area (Å²) in [4.78, 5) is 29.6. The summed E-state index contributed by atoms with van der Waals surface area (Å²) >= 11 is 1.16. The van der Waals surface area contributed by atoms with Crippen LogP contribution >= 0.6 is 11.8 Å². The highest BCUT2D eigenvalue weighted by molar-refractivity contribution is 8.18. The first-order chi connectivity index (χ1) is 20.6. The Labute approximate surface area is 253 Å². The zero-order valence-electron chi connectivity index (χ0n) is 23.2. The fraction of sp³-hybridized carbons (Fsp3) is 0.0938. The Hall–Kier alpha value is -4.87. The molecule has 0 atom stereocenters. The standard InChI is InChI=1S/C32H27N3O6S2/c1-20-8-14-25(15-9-20)43(39,40)35-29(36)19-21-10-12-24(13-11-21)33-32-34-31(38)28(42-32)18-22-16-26(23-6-4-3-5-7-23)30(37)27(17-22)41-2/h3-18,37H,19H2,1-2H3,(H,35,36)(H,33,34,38)/b28-18+. The summed E-state index contributed by atoms with van der Waals surface area (Å²) in [5.41, 5.74) is 4.19. The molecule has 0 aliphatic carbocycles. The Balaban J connectivity index is 1.23. The second kappa shape index (κ2) is 12.6. The number of benzene rings is 4. The SMILES string of the molecule is COc1cc(/C=C2/SC(Nc3ccc(CC(=O)NS(=O)(=O)c4ccc(C)cc4)cc3)=NC2=O)cc(-c2ccccc2)c1O. The molecule has 4 aromatic carbocycles. The number of hydrogen-bond acceptors (Lipinski definition) is 8. The Morgan fingerprint density at radius 2 is 1.70 bits per heavy atom. The minimum absolute atomic E-state index is 0.00803. The van der Waals surface area contributed by atoms with Gasteiger partial charge in [0, 0.05) is 11.3 Å². The van der Waals surface area contributed by atoms with E-state index in [1.165, 1.54) is 19.2 Å². The maximum atomic E-state index is 12.7. The van der Waals surface area contributed by atoms with Crippen LogP contribution in [0.15, 0.2) is 106 Å². The number of aromatic hydroxyl groups is 1. The normalized spacial score (nSPS) is 14.0. The maximum absolute atomic E-state index is 12.7. The average Bonchev–Trinajstić information content (AvgIpc) is 3.33. The van der Waals surface area contributed by atoms with Crippen LogP contribution in [-0.4, -0.2) is 37.6 Å². The van der Waals surface area contributed by atoms with Crippen molar-refractivity contribution < 1.29 is 27.9 Å². The lowest BCUT2D eigenvalue weighted by Gasteiger charge is -2.11. The van der Waals surface area contributed by atoms with E-state index < -0.39 is 21.8 Å². The molecule has 0 radical (unpaired) electrons. The van der Waals surface area contributed by atoms with Gasteiger partial charge in [-0.2, -0.15) is 4.99 Å². The highest BCUT2D eigenvalue weighted by atomic mass is 32.2. The largest absolute Gasteiger partial charge is 0.504 e. The van der Waals surface area contributed by atoms with Gasteiger partial charge in [-0.1, -0.05) is 60.2 Å². The summed E-state index contributed by atoms with van der Waals surface area (Å²) in [6.07, 6.45) is 1.56. The summed E-state index contributed by atoms with van der Waals surface area (Å²) in [6.45, 7) is 1.84. The van der Waals surface area contributed by atoms with Crippen LogP contribution in [-0.2, 0) is 26.0 Å². The number of phenolic OH excluding ortho intramolecular Hbond substituents is 1. The Morgan fingerprint density at radius 3 is 2.37 bits per heavy atom. The molecule has 0 spiro atoms. The van der Waals surface area contributed by atoms with Crippen LogP contribution in [0.1, 0.15) is 16.7 Å². The topological polar surface area (TPSA) is 134 Å². The summed E-state index contributed by atoms with van der Waals surface area (Å²) in [7, 11) is -2.50. The van der Waals surface area contributed by atoms with E-state index in [1.54, 1.807) is 54.6 Å². The highest BCUT2D eigenvalue weighted by Crippen LogP contribution is 2.40. The quantitative estimate of drug-likeness (QED) is 0.222. The van der Waals surface area contributed by atoms with E-state index in [9.17, 15) is 23.1 Å². The number of nitrogens with one attached hydrogen (secondary N) is 2. The molecule has 1 aliphatic heterocycles. The van der Waals surface area contributed by atoms with Gasteiger partial charge in [0.2, 0.25) is 5.91 Å². The number of carbonyl (C=O) groups excluding carboxylic acids is 2. The van der Waals surface area contributed by atoms with Gasteiger partial charge < -0.3 is 15.2 Å². The molecule has 2 amide bonds. The molecule has 218 valence electrons. The number of thioether (sulfide) groups is 1. The Kier molecular flexibility index (Phi) is 8.65. The van der Waals surface area contributed by atoms with Crippen molar-refractivity contribution in [3.8, 4) is 22.6 Å². The molecule has 4 aromatic rings. The molecule has 0 unspecified atom stereocenters. The minimum Gasteiger partial charge on any atom is -0.504 e. The summed E-state index contributed by atoms with van der Waals surface area (Å²) in [5, 5.41) is 14.1. The number of sulfonamides is 1. The van der Waals surface area contributed by atoms with Crippen molar-refractivity contribution in [3.63, 3.8) is 0 Å². The monoisotopic (exact) mass is 613 g/mol. The van der Waals surface area contributed by atoms with Crippen LogP contribution in [0.25, 0.3) is 17.2 Å². The first-order valence-corrected chi connectivity index (χ1v) is 15.4. The number of ether oxygens (including phenoxy) is 1. The van der Waals surface area contributed by atoms with Crippen LogP contribution in [0.2, 0.25) is 0 Å². The minimum atomic E-state index is -3.96. The molecule has 0 bridgehead atoms. The number of amidine groups is 1. The summed E-state index contributed by atoms with van der Waals surface area (Å²) < 4.78 is 32.4. The number of rotatable bonds is 8. The van der Waals surface area contributed by atoms with Crippen molar-refractivity contribution >= 4 is 50.5 Å². The third-order valence-electron chi connectivity index (χ3n) is 6.47. The lowest BCUT2D eigenvalue weighted by molar-refractivity contribution is -0.118. The molecule has 5 rings (SSSR count). The van der Waals surface area contributed by atoms with Crippen molar-refractivity contribution in [2.24, 2.45) is 4.99 Å². The molecule has 0 saturated carbocycles. The molecule has 0 fully saturated rings. The predicted molar refractivity (Wildman–Crippen MR) is 168 cm³/mol. The van der Waals surface area contributed by atoms with E-state index in [2.05, 4.69) is 15.0 Å². The molecular formula is C32H27N3O6S2. The van der Waals surface area contributed by atoms with Crippen LogP contribution in [0.4, 0.5) is 5.69 Å². The molecule has 1 heterocycles. The first kappa shape index (κ1) is 29.6. The summed E-state index contributed by atoms with van der Waals surface area (Å²) in [5.74, 6) is -0.777. The maximum Gasteiger partial charge on any atom is 0.286 e. The Bertz CT molecular complexity index is 1850. The third kappa shape index (κ3) is 7.14. The van der Waals surface area contributed by atoms with Crippen molar-refractivity contribution in [2.75, 3.05) is 12.4 Å². The van der Waals surface area contributed by atoms with Gasteiger partial charge >= 0.3 is 0 Å². The predicted octanol–water partition coefficient (Wildman–Crippen LogP) is 5.51. The molecule has 9 nitrogen and oxygen atoms in total. The van der Waals surface area contributed by atoms with Gasteiger partial charge in [-0.25, -0.2) is 13.1 Å². The second-order valence-corrected chi connectivity index (χ2v) is 12.4. The van der Waals surface area contributed by atoms with Crippen LogP contribution in [0, 0.1) is 6.92 Å². The fourth-order valence-electron chi connectivity index (χ4n) is 4.30. The van der Waals surface area contributed by atoms with Gasteiger partial charge in [0.05, 0.1) is 23.3 Å². The highest BCUT2D eigenvalue weighted by Gasteiger charge is 2.23. The van der Waals surface area contributed by atoms with E-state index in [-0.39, 0.29) is 22.8 Å². The molecular weight excluding hydrogens is 587 g/mol. The molecule has 1 aliphatic rings. The summed E-state index contributed by atoms with van der Waals surface area (Å²) in [6, 6.07) is 25.8. The van der Waals surface area contributed by atoms with Crippen LogP contribution in [0.5, 0.6) is 11.5 Å². The lowest BCUT2D eigenvalue weighted by atomic mass is 10.0. The van der Waals surface area contributed by atoms with Crippen LogP contribution in [0.3, 0.4) is 0 Å². The van der Waals surface area contributed by atoms with Crippen molar-refractivity contribution in [1.29, 1.82) is 0 Å². The molecule has 11 heteroatoms. The van der Waals surface area contributed by atoms with Gasteiger partial charge in [-0.3, -0.25) is 9.59 Å². The van der Waals surface area contributed by atoms with E-state index in [4.69, 9.17) is 4.74 Å². The average molecular weight is 614 g/mol. The number of hydrogen-bond donors (Lipinski definition) is 3. The van der Waals surface area contributed by atoms with Gasteiger partial charge in [0.25, 0.3) is 15.9 Å². The number of carbonyl (C=O) groups is 2. The Morgan fingerprint density at radius 1 is 1.00 bits per heavy atom. The van der Waals surface area contributed by atoms with Crippen molar-refractivity contribution in [3.05, 3.63) is 113 Å². The zero-order valence-corrected chi connectivity index (χ0v) is 24.8. The second-order valence-electron chi connectivity index (χ2n) is 9.66. The van der Waals surface area contributed by atoms with E-state index in [0.717, 1.165) is 22.9 Å². The number of phenols is 1. The molecule has 0 saturated heterocycles. The fourth-order valence-corrected chi connectivity index (χ4v) is 6.11. The van der Waals surface area contributed by atoms with E-state index >= 15 is 0 Å². The van der Waals surface area contributed by atoms with Crippen molar-refractivity contribution in [1.82, 2.24) is 4.72 Å². The third-order valence-corrected chi connectivity index (χ3v) is 8.76. The molecule has 0 aromatic heterocycles. The van der Waals surface area contributed by atoms with E-state index in [1.807, 2.05) is 37.3 Å². The number of nitrogens with zero attached hydrogens (tertiary/aromatic N) is 1. The molecule has 3 N–H and O–H groups in total. The lowest BCUT2D eigenvalue weighted by Crippen LogP contribution is -2.31. The number of aryl methyl sites for hydroxylation is 1. The van der Waals surface area contributed by atoms with Gasteiger partial charge in [-0.15, -0.1) is 0 Å².